The summed E-state index contributed by atoms with van der Waals surface area (Å²) in [5.41, 5.74) is 2.71. The molecule has 134 valence electrons. The van der Waals surface area contributed by atoms with E-state index in [0.717, 1.165) is 5.56 Å². The van der Waals surface area contributed by atoms with Crippen LogP contribution in [0, 0.1) is 5.92 Å². The molecule has 1 amide bonds. The lowest BCUT2D eigenvalue weighted by molar-refractivity contribution is -0.136. The van der Waals surface area contributed by atoms with E-state index in [1.54, 1.807) is 13.8 Å². The van der Waals surface area contributed by atoms with Gasteiger partial charge in [-0.3, -0.25) is 9.59 Å². The molecule has 6 heteroatoms. The molecule has 2 N–H and O–H groups in total. The highest BCUT2D eigenvalue weighted by molar-refractivity contribution is 7.16. The van der Waals surface area contributed by atoms with Gasteiger partial charge >= 0.3 is 5.97 Å². The summed E-state index contributed by atoms with van der Waals surface area (Å²) < 4.78 is 0. The summed E-state index contributed by atoms with van der Waals surface area (Å²) in [6, 6.07) is 7.97. The van der Waals surface area contributed by atoms with Crippen LogP contribution < -0.4 is 5.32 Å². The van der Waals surface area contributed by atoms with E-state index < -0.39 is 5.97 Å². The molecule has 5 nitrogen and oxygen atoms in total. The molecule has 0 aliphatic heterocycles. The maximum absolute atomic E-state index is 11.9. The number of hydrogen-bond donors (Lipinski definition) is 2. The number of carbonyl (C=O) groups excluding carboxylic acids is 1. The van der Waals surface area contributed by atoms with E-state index in [2.05, 4.69) is 31.1 Å². The summed E-state index contributed by atoms with van der Waals surface area (Å²) in [6.45, 7) is 10.0. The third-order valence-electron chi connectivity index (χ3n) is 3.79. The third-order valence-corrected chi connectivity index (χ3v) is 4.76. The van der Waals surface area contributed by atoms with E-state index in [4.69, 9.17) is 5.11 Å². The minimum Gasteiger partial charge on any atom is -0.481 e. The van der Waals surface area contributed by atoms with Crippen LogP contribution >= 0.6 is 11.3 Å². The first-order valence-corrected chi connectivity index (χ1v) is 9.03. The minimum atomic E-state index is -0.919. The smallest absolute Gasteiger partial charge is 0.308 e. The van der Waals surface area contributed by atoms with Crippen molar-refractivity contribution in [2.75, 3.05) is 5.32 Å². The van der Waals surface area contributed by atoms with E-state index in [9.17, 15) is 9.59 Å². The second-order valence-corrected chi connectivity index (χ2v) is 8.42. The Bertz CT molecular complexity index is 771. The maximum atomic E-state index is 11.9. The largest absolute Gasteiger partial charge is 0.481 e. The SMILES string of the molecule is CC(C)C(=O)Nc1nc(-c2ccc(C(C)(C)C)cc2)c(CC(=O)O)s1. The summed E-state index contributed by atoms with van der Waals surface area (Å²) in [4.78, 5) is 28.2. The van der Waals surface area contributed by atoms with Crippen LogP contribution in [-0.2, 0) is 21.4 Å². The van der Waals surface area contributed by atoms with E-state index in [1.807, 2.05) is 24.3 Å². The third kappa shape index (κ3) is 4.89. The summed E-state index contributed by atoms with van der Waals surface area (Å²) in [6.07, 6.45) is -0.119. The number of anilines is 1. The molecule has 0 aliphatic carbocycles. The Kier molecular flexibility index (Phi) is 5.62. The van der Waals surface area contributed by atoms with Gasteiger partial charge in [-0.25, -0.2) is 4.98 Å². The van der Waals surface area contributed by atoms with Gasteiger partial charge in [0.15, 0.2) is 5.13 Å². The van der Waals surface area contributed by atoms with Crippen LogP contribution in [0.25, 0.3) is 11.3 Å². The van der Waals surface area contributed by atoms with E-state index in [1.165, 1.54) is 16.9 Å². The number of aliphatic carboxylic acids is 1. The van der Waals surface area contributed by atoms with Gasteiger partial charge in [-0.2, -0.15) is 0 Å². The second kappa shape index (κ2) is 7.35. The molecule has 1 aromatic carbocycles. The molecule has 0 bridgehead atoms. The summed E-state index contributed by atoms with van der Waals surface area (Å²) in [7, 11) is 0. The number of thiazole rings is 1. The van der Waals surface area contributed by atoms with Gasteiger partial charge < -0.3 is 10.4 Å². The average molecular weight is 360 g/mol. The molecular weight excluding hydrogens is 336 g/mol. The number of hydrogen-bond acceptors (Lipinski definition) is 4. The highest BCUT2D eigenvalue weighted by Gasteiger charge is 2.19. The van der Waals surface area contributed by atoms with Crippen LogP contribution in [0.1, 0.15) is 45.1 Å². The molecule has 0 unspecified atom stereocenters. The van der Waals surface area contributed by atoms with Crippen LogP contribution in [-0.4, -0.2) is 22.0 Å². The second-order valence-electron chi connectivity index (χ2n) is 7.33. The van der Waals surface area contributed by atoms with Crippen molar-refractivity contribution in [3.63, 3.8) is 0 Å². The Labute approximate surface area is 152 Å². The fourth-order valence-electron chi connectivity index (χ4n) is 2.27. The minimum absolute atomic E-state index is 0.0426. The Morgan fingerprint density at radius 2 is 1.80 bits per heavy atom. The molecule has 0 aliphatic rings. The van der Waals surface area contributed by atoms with Gasteiger partial charge in [0.2, 0.25) is 5.91 Å². The topological polar surface area (TPSA) is 79.3 Å². The maximum Gasteiger partial charge on any atom is 0.308 e. The van der Waals surface area contributed by atoms with Gasteiger partial charge in [0.05, 0.1) is 12.1 Å². The molecule has 0 saturated carbocycles. The lowest BCUT2D eigenvalue weighted by Gasteiger charge is -2.19. The molecule has 0 radical (unpaired) electrons. The van der Waals surface area contributed by atoms with Crippen molar-refractivity contribution in [1.29, 1.82) is 0 Å². The number of benzene rings is 1. The lowest BCUT2D eigenvalue weighted by Crippen LogP contribution is -2.17. The van der Waals surface area contributed by atoms with Crippen LogP contribution in [0.2, 0.25) is 0 Å². The van der Waals surface area contributed by atoms with Crippen molar-refractivity contribution in [2.24, 2.45) is 5.92 Å². The van der Waals surface area contributed by atoms with Crippen molar-refractivity contribution in [3.05, 3.63) is 34.7 Å². The molecular formula is C19H24N2O3S. The number of nitrogens with one attached hydrogen (secondary N) is 1. The number of amides is 1. The zero-order valence-electron chi connectivity index (χ0n) is 15.2. The number of nitrogens with zero attached hydrogens (tertiary/aromatic N) is 1. The Hall–Kier alpha value is -2.21. The van der Waals surface area contributed by atoms with Crippen LogP contribution in [0.15, 0.2) is 24.3 Å². The molecule has 2 aromatic rings. The normalized spacial score (nSPS) is 11.6. The summed E-state index contributed by atoms with van der Waals surface area (Å²) >= 11 is 1.21. The van der Waals surface area contributed by atoms with Gasteiger partial charge in [0.25, 0.3) is 0 Å². The molecule has 0 saturated heterocycles. The first-order valence-electron chi connectivity index (χ1n) is 8.21. The molecule has 25 heavy (non-hydrogen) atoms. The summed E-state index contributed by atoms with van der Waals surface area (Å²) in [5.74, 6) is -1.22. The van der Waals surface area contributed by atoms with Gasteiger partial charge in [0, 0.05) is 16.4 Å². The first kappa shape index (κ1) is 19.1. The molecule has 0 fully saturated rings. The Morgan fingerprint density at radius 3 is 2.28 bits per heavy atom. The Balaban J connectivity index is 2.39. The van der Waals surface area contributed by atoms with E-state index in [0.29, 0.717) is 15.7 Å². The lowest BCUT2D eigenvalue weighted by atomic mass is 9.86. The van der Waals surface area contributed by atoms with Crippen molar-refractivity contribution in [2.45, 2.75) is 46.5 Å². The number of carbonyl (C=O) groups is 2. The van der Waals surface area contributed by atoms with Crippen LogP contribution in [0.3, 0.4) is 0 Å². The monoisotopic (exact) mass is 360 g/mol. The standard InChI is InChI=1S/C19H24N2O3S/c1-11(2)17(24)21-18-20-16(14(25-18)10-15(22)23)12-6-8-13(9-7-12)19(3,4)5/h6-9,11H,10H2,1-5H3,(H,22,23)(H,20,21,24). The number of carboxylic acid groups (broad SMARTS) is 1. The highest BCUT2D eigenvalue weighted by atomic mass is 32.1. The van der Waals surface area contributed by atoms with E-state index in [-0.39, 0.29) is 23.7 Å². The van der Waals surface area contributed by atoms with Crippen molar-refractivity contribution >= 4 is 28.3 Å². The zero-order valence-corrected chi connectivity index (χ0v) is 16.0. The van der Waals surface area contributed by atoms with Gasteiger partial charge in [0.1, 0.15) is 0 Å². The van der Waals surface area contributed by atoms with E-state index >= 15 is 0 Å². The molecule has 2 rings (SSSR count). The molecule has 1 heterocycles. The fraction of sp³-hybridized carbons (Fsp3) is 0.421. The Morgan fingerprint density at radius 1 is 1.20 bits per heavy atom. The number of aromatic nitrogens is 1. The molecule has 0 atom stereocenters. The van der Waals surface area contributed by atoms with Crippen LogP contribution in [0.5, 0.6) is 0 Å². The molecule has 1 aromatic heterocycles. The molecule has 0 spiro atoms. The van der Waals surface area contributed by atoms with Crippen molar-refractivity contribution in [1.82, 2.24) is 4.98 Å². The fourth-order valence-corrected chi connectivity index (χ4v) is 3.24. The van der Waals surface area contributed by atoms with Gasteiger partial charge in [-0.1, -0.05) is 58.9 Å². The van der Waals surface area contributed by atoms with Crippen molar-refractivity contribution < 1.29 is 14.7 Å². The predicted octanol–water partition coefficient (Wildman–Crippen LogP) is 4.33. The number of rotatable bonds is 5. The van der Waals surface area contributed by atoms with Gasteiger partial charge in [-0.15, -0.1) is 11.3 Å². The first-order chi connectivity index (χ1) is 11.6. The number of carboxylic acids is 1. The highest BCUT2D eigenvalue weighted by Crippen LogP contribution is 2.33. The van der Waals surface area contributed by atoms with Gasteiger partial charge in [-0.05, 0) is 11.0 Å². The average Bonchev–Trinajstić information content (AvgIpc) is 2.88. The zero-order chi connectivity index (χ0) is 18.8. The van der Waals surface area contributed by atoms with Crippen LogP contribution in [0.4, 0.5) is 5.13 Å². The quantitative estimate of drug-likeness (QED) is 0.832. The summed E-state index contributed by atoms with van der Waals surface area (Å²) in [5, 5.41) is 12.4. The van der Waals surface area contributed by atoms with Crippen molar-refractivity contribution in [3.8, 4) is 11.3 Å². The predicted molar refractivity (Wildman–Crippen MR) is 101 cm³/mol.